The topological polar surface area (TPSA) is 38.0 Å². The molecule has 0 spiro atoms. The standard InChI is InChI=1S/C11H15F3N2S/c12-11(13,14)5-4-8(16-15)10-6-7-2-1-3-9(7)17-10/h6,8,16H,1-5,15H2. The molecule has 17 heavy (non-hydrogen) atoms. The van der Waals surface area contributed by atoms with E-state index in [-0.39, 0.29) is 12.5 Å². The van der Waals surface area contributed by atoms with E-state index >= 15 is 0 Å². The number of halogens is 3. The summed E-state index contributed by atoms with van der Waals surface area (Å²) in [5.41, 5.74) is 3.78. The first-order valence-electron chi connectivity index (χ1n) is 5.64. The van der Waals surface area contributed by atoms with Crippen LogP contribution in [-0.2, 0) is 12.8 Å². The Morgan fingerprint density at radius 2 is 2.18 bits per heavy atom. The fourth-order valence-corrected chi connectivity index (χ4v) is 3.49. The van der Waals surface area contributed by atoms with Gasteiger partial charge in [-0.15, -0.1) is 11.3 Å². The molecule has 1 aliphatic rings. The van der Waals surface area contributed by atoms with Crippen LogP contribution in [0.5, 0.6) is 0 Å². The number of nitrogens with one attached hydrogen (secondary N) is 1. The van der Waals surface area contributed by atoms with Crippen molar-refractivity contribution in [2.24, 2.45) is 5.84 Å². The van der Waals surface area contributed by atoms with Gasteiger partial charge in [-0.25, -0.2) is 0 Å². The van der Waals surface area contributed by atoms with Gasteiger partial charge >= 0.3 is 6.18 Å². The fraction of sp³-hybridized carbons (Fsp3) is 0.636. The highest BCUT2D eigenvalue weighted by Gasteiger charge is 2.29. The SMILES string of the molecule is NNC(CCC(F)(F)F)c1cc2c(s1)CCC2. The zero-order valence-electron chi connectivity index (χ0n) is 9.31. The Labute approximate surface area is 102 Å². The van der Waals surface area contributed by atoms with Gasteiger partial charge in [-0.05, 0) is 37.3 Å². The Morgan fingerprint density at radius 1 is 1.41 bits per heavy atom. The van der Waals surface area contributed by atoms with Crippen molar-refractivity contribution < 1.29 is 13.2 Å². The number of thiophene rings is 1. The van der Waals surface area contributed by atoms with E-state index < -0.39 is 12.6 Å². The van der Waals surface area contributed by atoms with Crippen molar-refractivity contribution in [2.45, 2.75) is 44.3 Å². The molecule has 96 valence electrons. The van der Waals surface area contributed by atoms with Crippen molar-refractivity contribution in [3.8, 4) is 0 Å². The summed E-state index contributed by atoms with van der Waals surface area (Å²) in [5, 5.41) is 0. The highest BCUT2D eigenvalue weighted by Crippen LogP contribution is 2.36. The molecule has 1 aromatic heterocycles. The van der Waals surface area contributed by atoms with E-state index in [0.717, 1.165) is 24.1 Å². The van der Waals surface area contributed by atoms with Crippen LogP contribution in [0.2, 0.25) is 0 Å². The highest BCUT2D eigenvalue weighted by atomic mass is 32.1. The van der Waals surface area contributed by atoms with E-state index in [1.807, 2.05) is 6.07 Å². The van der Waals surface area contributed by atoms with Crippen LogP contribution in [0.25, 0.3) is 0 Å². The van der Waals surface area contributed by atoms with Crippen molar-refractivity contribution in [3.63, 3.8) is 0 Å². The molecule has 0 bridgehead atoms. The van der Waals surface area contributed by atoms with Crippen LogP contribution in [-0.4, -0.2) is 6.18 Å². The van der Waals surface area contributed by atoms with Gasteiger partial charge in [0.15, 0.2) is 0 Å². The molecule has 1 atom stereocenters. The lowest BCUT2D eigenvalue weighted by molar-refractivity contribution is -0.136. The molecule has 1 aliphatic carbocycles. The lowest BCUT2D eigenvalue weighted by Crippen LogP contribution is -2.28. The van der Waals surface area contributed by atoms with Gasteiger partial charge in [-0.3, -0.25) is 11.3 Å². The average molecular weight is 264 g/mol. The van der Waals surface area contributed by atoms with Crippen LogP contribution in [0.3, 0.4) is 0 Å². The summed E-state index contributed by atoms with van der Waals surface area (Å²) in [7, 11) is 0. The molecule has 0 radical (unpaired) electrons. The van der Waals surface area contributed by atoms with E-state index in [1.54, 1.807) is 11.3 Å². The summed E-state index contributed by atoms with van der Waals surface area (Å²) in [6, 6.07) is 1.63. The van der Waals surface area contributed by atoms with Crippen LogP contribution >= 0.6 is 11.3 Å². The molecule has 2 nitrogen and oxygen atoms in total. The minimum absolute atomic E-state index is 0.000602. The summed E-state index contributed by atoms with van der Waals surface area (Å²) in [6.07, 6.45) is -1.66. The molecule has 3 N–H and O–H groups in total. The predicted octanol–water partition coefficient (Wildman–Crippen LogP) is 3.08. The number of aryl methyl sites for hydroxylation is 2. The van der Waals surface area contributed by atoms with Gasteiger partial charge in [0.05, 0.1) is 6.04 Å². The van der Waals surface area contributed by atoms with E-state index in [4.69, 9.17) is 5.84 Å². The monoisotopic (exact) mass is 264 g/mol. The molecular weight excluding hydrogens is 249 g/mol. The third-order valence-electron chi connectivity index (χ3n) is 3.03. The van der Waals surface area contributed by atoms with E-state index in [1.165, 1.54) is 10.4 Å². The summed E-state index contributed by atoms with van der Waals surface area (Å²) in [4.78, 5) is 2.24. The Morgan fingerprint density at radius 3 is 2.76 bits per heavy atom. The van der Waals surface area contributed by atoms with Crippen molar-refractivity contribution in [1.82, 2.24) is 5.43 Å². The molecule has 0 aliphatic heterocycles. The van der Waals surface area contributed by atoms with Gasteiger partial charge in [0.2, 0.25) is 0 Å². The third kappa shape index (κ3) is 3.20. The van der Waals surface area contributed by atoms with Gasteiger partial charge < -0.3 is 0 Å². The Balaban J connectivity index is 2.02. The average Bonchev–Trinajstić information content (AvgIpc) is 2.76. The summed E-state index contributed by atoms with van der Waals surface area (Å²) >= 11 is 1.60. The molecule has 6 heteroatoms. The lowest BCUT2D eigenvalue weighted by Gasteiger charge is -2.15. The maximum Gasteiger partial charge on any atom is 0.389 e. The first-order chi connectivity index (χ1) is 7.99. The van der Waals surface area contributed by atoms with Crippen LogP contribution in [0.15, 0.2) is 6.07 Å². The number of rotatable bonds is 4. The first kappa shape index (κ1) is 12.9. The van der Waals surface area contributed by atoms with Crippen LogP contribution in [0, 0.1) is 0 Å². The second-order valence-corrected chi connectivity index (χ2v) is 5.49. The van der Waals surface area contributed by atoms with Crippen molar-refractivity contribution >= 4 is 11.3 Å². The minimum Gasteiger partial charge on any atom is -0.271 e. The Hall–Kier alpha value is -0.590. The molecule has 2 rings (SSSR count). The number of hydrogen-bond donors (Lipinski definition) is 2. The van der Waals surface area contributed by atoms with Gasteiger partial charge in [0, 0.05) is 16.2 Å². The molecule has 1 heterocycles. The molecule has 0 saturated heterocycles. The summed E-state index contributed by atoms with van der Waals surface area (Å²) in [6.45, 7) is 0. The number of alkyl halides is 3. The van der Waals surface area contributed by atoms with Crippen LogP contribution in [0.1, 0.15) is 40.6 Å². The summed E-state index contributed by atoms with van der Waals surface area (Å²) < 4.78 is 36.5. The molecule has 0 aromatic carbocycles. The second-order valence-electron chi connectivity index (χ2n) is 4.32. The van der Waals surface area contributed by atoms with E-state index in [2.05, 4.69) is 5.43 Å². The van der Waals surface area contributed by atoms with Gasteiger partial charge in [-0.1, -0.05) is 0 Å². The van der Waals surface area contributed by atoms with Crippen LogP contribution < -0.4 is 11.3 Å². The zero-order chi connectivity index (χ0) is 12.5. The normalized spacial score (nSPS) is 17.2. The van der Waals surface area contributed by atoms with Gasteiger partial charge in [0.25, 0.3) is 0 Å². The van der Waals surface area contributed by atoms with Crippen molar-refractivity contribution in [3.05, 3.63) is 21.4 Å². The zero-order valence-corrected chi connectivity index (χ0v) is 10.1. The highest BCUT2D eigenvalue weighted by molar-refractivity contribution is 7.12. The van der Waals surface area contributed by atoms with Crippen molar-refractivity contribution in [1.29, 1.82) is 0 Å². The molecule has 0 amide bonds. The molecule has 0 saturated carbocycles. The molecule has 0 fully saturated rings. The predicted molar refractivity (Wildman–Crippen MR) is 61.7 cm³/mol. The van der Waals surface area contributed by atoms with Gasteiger partial charge in [-0.2, -0.15) is 13.2 Å². The molecule has 1 aromatic rings. The number of hydrazine groups is 1. The first-order valence-corrected chi connectivity index (χ1v) is 6.45. The Bertz CT molecular complexity index is 365. The maximum absolute atomic E-state index is 12.2. The number of hydrogen-bond acceptors (Lipinski definition) is 3. The van der Waals surface area contributed by atoms with Gasteiger partial charge in [0.1, 0.15) is 0 Å². The third-order valence-corrected chi connectivity index (χ3v) is 4.38. The van der Waals surface area contributed by atoms with Crippen molar-refractivity contribution in [2.75, 3.05) is 0 Å². The number of nitrogens with two attached hydrogens (primary N) is 1. The maximum atomic E-state index is 12.2. The largest absolute Gasteiger partial charge is 0.389 e. The van der Waals surface area contributed by atoms with E-state index in [0.29, 0.717) is 0 Å². The van der Waals surface area contributed by atoms with E-state index in [9.17, 15) is 13.2 Å². The minimum atomic E-state index is -4.12. The lowest BCUT2D eigenvalue weighted by atomic mass is 10.1. The summed E-state index contributed by atoms with van der Waals surface area (Å²) in [5.74, 6) is 5.34. The fourth-order valence-electron chi connectivity index (χ4n) is 2.14. The molecular formula is C11H15F3N2S. The van der Waals surface area contributed by atoms with Crippen LogP contribution in [0.4, 0.5) is 13.2 Å². The Kier molecular flexibility index (Phi) is 3.75. The molecule has 1 unspecified atom stereocenters. The second kappa shape index (κ2) is 4.96. The quantitative estimate of drug-likeness (QED) is 0.648. The smallest absolute Gasteiger partial charge is 0.271 e. The number of fused-ring (bicyclic) bond motifs is 1.